The molecule has 2 aromatic rings. The summed E-state index contributed by atoms with van der Waals surface area (Å²) in [6.45, 7) is 4.92. The highest BCUT2D eigenvalue weighted by molar-refractivity contribution is 7.73. The first-order valence-electron chi connectivity index (χ1n) is 7.91. The van der Waals surface area contributed by atoms with Gasteiger partial charge in [-0.15, -0.1) is 0 Å². The van der Waals surface area contributed by atoms with E-state index in [1.807, 2.05) is 0 Å². The second-order valence-corrected chi connectivity index (χ2v) is 10.8. The third kappa shape index (κ3) is 3.68. The molecule has 2 atom stereocenters. The number of halogens is 3. The van der Waals surface area contributed by atoms with Crippen molar-refractivity contribution in [2.24, 2.45) is 0 Å². The first-order chi connectivity index (χ1) is 11.4. The molecule has 1 N–H and O–H groups in total. The lowest BCUT2D eigenvalue weighted by molar-refractivity contribution is -0.257. The van der Waals surface area contributed by atoms with E-state index >= 15 is 0 Å². The van der Waals surface area contributed by atoms with E-state index in [1.165, 1.54) is 24.3 Å². The van der Waals surface area contributed by atoms with Crippen LogP contribution in [-0.2, 0) is 10.2 Å². The van der Waals surface area contributed by atoms with Crippen LogP contribution in [0.25, 0.3) is 0 Å². The summed E-state index contributed by atoms with van der Waals surface area (Å²) in [5.41, 5.74) is -3.49. The van der Waals surface area contributed by atoms with E-state index in [9.17, 15) is 22.8 Å². The zero-order valence-corrected chi connectivity index (χ0v) is 15.3. The van der Waals surface area contributed by atoms with Gasteiger partial charge >= 0.3 is 6.18 Å². The van der Waals surface area contributed by atoms with Crippen molar-refractivity contribution < 1.29 is 22.8 Å². The largest absolute Gasteiger partial charge is 0.421 e. The number of alkyl halides is 3. The fourth-order valence-corrected chi connectivity index (χ4v) is 5.86. The van der Waals surface area contributed by atoms with E-state index in [-0.39, 0.29) is 5.56 Å². The normalized spacial score (nSPS) is 17.6. The molecular formula is C19H22F3O2P. The van der Waals surface area contributed by atoms with Gasteiger partial charge in [-0.1, -0.05) is 81.4 Å². The van der Waals surface area contributed by atoms with Crippen molar-refractivity contribution in [3.63, 3.8) is 0 Å². The van der Waals surface area contributed by atoms with Gasteiger partial charge in [-0.2, -0.15) is 13.2 Å². The fraction of sp³-hybridized carbons (Fsp3) is 0.368. The van der Waals surface area contributed by atoms with Crippen LogP contribution in [0.2, 0.25) is 0 Å². The third-order valence-corrected chi connectivity index (χ3v) is 8.63. The number of rotatable bonds is 4. The summed E-state index contributed by atoms with van der Waals surface area (Å²) < 4.78 is 55.4. The topological polar surface area (TPSA) is 37.3 Å². The summed E-state index contributed by atoms with van der Waals surface area (Å²) >= 11 is 0. The molecule has 0 fully saturated rings. The number of aliphatic hydroxyl groups is 1. The molecule has 0 spiro atoms. The number of benzene rings is 2. The summed E-state index contributed by atoms with van der Waals surface area (Å²) in [4.78, 5) is 0. The zero-order valence-electron chi connectivity index (χ0n) is 14.4. The molecule has 136 valence electrons. The Morgan fingerprint density at radius 3 is 1.72 bits per heavy atom. The van der Waals surface area contributed by atoms with Gasteiger partial charge in [0.05, 0.1) is 0 Å². The lowest BCUT2D eigenvalue weighted by Crippen LogP contribution is -2.47. The number of hydrogen-bond acceptors (Lipinski definition) is 2. The highest BCUT2D eigenvalue weighted by atomic mass is 31.2. The Morgan fingerprint density at radius 2 is 1.32 bits per heavy atom. The maximum Gasteiger partial charge on any atom is 0.421 e. The molecule has 25 heavy (non-hydrogen) atoms. The van der Waals surface area contributed by atoms with Gasteiger partial charge in [0.15, 0.2) is 5.60 Å². The Morgan fingerprint density at radius 1 is 0.880 bits per heavy atom. The molecule has 0 aliphatic carbocycles. The molecular weight excluding hydrogens is 348 g/mol. The molecule has 0 bridgehead atoms. The Kier molecular flexibility index (Phi) is 5.23. The molecule has 0 aliphatic heterocycles. The highest BCUT2D eigenvalue weighted by Crippen LogP contribution is 2.61. The summed E-state index contributed by atoms with van der Waals surface area (Å²) in [7, 11) is -3.61. The second kappa shape index (κ2) is 6.62. The maximum absolute atomic E-state index is 13.9. The van der Waals surface area contributed by atoms with Crippen LogP contribution in [0.1, 0.15) is 26.3 Å². The standard InChI is InChI=1S/C19H22F3O2P/c1-17(2,3)25(24,16-12-8-5-9-13-16)14-18(23,19(20,21)22)15-10-6-4-7-11-15/h4-13,23H,14H2,1-3H3. The van der Waals surface area contributed by atoms with Gasteiger partial charge in [-0.05, 0) is 5.56 Å². The fourth-order valence-electron chi connectivity index (χ4n) is 2.77. The second-order valence-electron chi connectivity index (χ2n) is 7.13. The summed E-state index contributed by atoms with van der Waals surface area (Å²) in [6, 6.07) is 15.0. The molecule has 2 nitrogen and oxygen atoms in total. The highest BCUT2D eigenvalue weighted by Gasteiger charge is 2.59. The predicted octanol–water partition coefficient (Wildman–Crippen LogP) is 4.92. The molecule has 2 unspecified atom stereocenters. The lowest BCUT2D eigenvalue weighted by Gasteiger charge is -2.39. The molecule has 0 saturated carbocycles. The van der Waals surface area contributed by atoms with Crippen LogP contribution in [0.15, 0.2) is 60.7 Å². The van der Waals surface area contributed by atoms with Gasteiger partial charge in [0.2, 0.25) is 0 Å². The molecule has 0 radical (unpaired) electrons. The van der Waals surface area contributed by atoms with Crippen LogP contribution < -0.4 is 5.30 Å². The number of hydrogen-bond donors (Lipinski definition) is 1. The molecule has 6 heteroatoms. The van der Waals surface area contributed by atoms with Gasteiger partial charge in [0.25, 0.3) is 0 Å². The lowest BCUT2D eigenvalue weighted by atomic mass is 9.95. The maximum atomic E-state index is 13.9. The molecule has 0 heterocycles. The van der Waals surface area contributed by atoms with E-state index in [0.29, 0.717) is 5.30 Å². The molecule has 0 amide bonds. The first kappa shape index (κ1) is 19.7. The van der Waals surface area contributed by atoms with Crippen LogP contribution in [0.5, 0.6) is 0 Å². The Hall–Kier alpha value is -1.58. The zero-order chi connectivity index (χ0) is 18.9. The van der Waals surface area contributed by atoms with Crippen molar-refractivity contribution in [2.45, 2.75) is 37.7 Å². The van der Waals surface area contributed by atoms with E-state index < -0.39 is 30.2 Å². The minimum absolute atomic E-state index is 0.303. The summed E-state index contributed by atoms with van der Waals surface area (Å²) in [6.07, 6.45) is -5.86. The van der Waals surface area contributed by atoms with Crippen molar-refractivity contribution in [1.82, 2.24) is 0 Å². The first-order valence-corrected chi connectivity index (χ1v) is 9.80. The van der Waals surface area contributed by atoms with Crippen LogP contribution in [0.4, 0.5) is 13.2 Å². The van der Waals surface area contributed by atoms with Gasteiger partial charge in [-0.3, -0.25) is 0 Å². The SMILES string of the molecule is CC(C)(C)P(=O)(CC(O)(c1ccccc1)C(F)(F)F)c1ccccc1. The van der Waals surface area contributed by atoms with Gasteiger partial charge in [0.1, 0.15) is 7.14 Å². The van der Waals surface area contributed by atoms with E-state index in [1.54, 1.807) is 57.2 Å². The van der Waals surface area contributed by atoms with Crippen LogP contribution in [0, 0.1) is 0 Å². The van der Waals surface area contributed by atoms with Crippen molar-refractivity contribution in [1.29, 1.82) is 0 Å². The predicted molar refractivity (Wildman–Crippen MR) is 94.7 cm³/mol. The monoisotopic (exact) mass is 370 g/mol. The van der Waals surface area contributed by atoms with Gasteiger partial charge in [-0.25, -0.2) is 0 Å². The molecule has 0 saturated heterocycles. The van der Waals surface area contributed by atoms with Gasteiger partial charge in [0, 0.05) is 16.6 Å². The molecule has 0 aliphatic rings. The minimum Gasteiger partial charge on any atom is -0.376 e. The van der Waals surface area contributed by atoms with Crippen LogP contribution in [0.3, 0.4) is 0 Å². The van der Waals surface area contributed by atoms with Crippen LogP contribution >= 0.6 is 7.14 Å². The van der Waals surface area contributed by atoms with E-state index in [4.69, 9.17) is 0 Å². The Labute approximate surface area is 146 Å². The summed E-state index contributed by atoms with van der Waals surface area (Å²) in [5, 5.41) is 10.1. The van der Waals surface area contributed by atoms with Crippen molar-refractivity contribution in [3.05, 3.63) is 66.2 Å². The molecule has 0 aromatic heterocycles. The average Bonchev–Trinajstić information content (AvgIpc) is 2.54. The van der Waals surface area contributed by atoms with E-state index in [2.05, 4.69) is 0 Å². The Balaban J connectivity index is 2.65. The summed E-state index contributed by atoms with van der Waals surface area (Å²) in [5.74, 6) is 0. The van der Waals surface area contributed by atoms with Crippen molar-refractivity contribution in [3.8, 4) is 0 Å². The third-order valence-electron chi connectivity index (χ3n) is 4.43. The van der Waals surface area contributed by atoms with E-state index in [0.717, 1.165) is 0 Å². The van der Waals surface area contributed by atoms with Crippen molar-refractivity contribution in [2.75, 3.05) is 6.16 Å². The quantitative estimate of drug-likeness (QED) is 0.776. The molecule has 2 rings (SSSR count). The average molecular weight is 370 g/mol. The molecule has 2 aromatic carbocycles. The Bertz CT molecular complexity index is 752. The van der Waals surface area contributed by atoms with Gasteiger partial charge < -0.3 is 9.67 Å². The minimum atomic E-state index is -4.95. The van der Waals surface area contributed by atoms with Crippen LogP contribution in [-0.4, -0.2) is 22.6 Å². The smallest absolute Gasteiger partial charge is 0.376 e. The van der Waals surface area contributed by atoms with Crippen molar-refractivity contribution >= 4 is 12.4 Å².